The van der Waals surface area contributed by atoms with E-state index in [1.54, 1.807) is 14.0 Å². The van der Waals surface area contributed by atoms with Crippen LogP contribution in [0.15, 0.2) is 39.8 Å². The molecule has 1 N–H and O–H groups in total. The summed E-state index contributed by atoms with van der Waals surface area (Å²) < 4.78 is 29.3. The van der Waals surface area contributed by atoms with Crippen LogP contribution in [0.4, 0.5) is 0 Å². The zero-order valence-corrected chi connectivity index (χ0v) is 13.0. The zero-order valence-electron chi connectivity index (χ0n) is 10.6. The van der Waals surface area contributed by atoms with Crippen molar-refractivity contribution in [2.24, 2.45) is 7.05 Å². The Morgan fingerprint density at radius 2 is 2.16 bits per heavy atom. The van der Waals surface area contributed by atoms with Crippen molar-refractivity contribution in [2.45, 2.75) is 18.4 Å². The topological polar surface area (TPSA) is 64.0 Å². The average molecular weight is 344 g/mol. The number of aryl methyl sites for hydroxylation is 2. The van der Waals surface area contributed by atoms with Gasteiger partial charge in [0.2, 0.25) is 10.0 Å². The highest BCUT2D eigenvalue weighted by Crippen LogP contribution is 2.15. The van der Waals surface area contributed by atoms with Crippen LogP contribution in [0.1, 0.15) is 11.3 Å². The van der Waals surface area contributed by atoms with Gasteiger partial charge < -0.3 is 0 Å². The third kappa shape index (κ3) is 3.43. The van der Waals surface area contributed by atoms with E-state index in [4.69, 9.17) is 0 Å². The molecule has 0 aliphatic carbocycles. The van der Waals surface area contributed by atoms with Gasteiger partial charge in [0.15, 0.2) is 0 Å². The van der Waals surface area contributed by atoms with Gasteiger partial charge in [0.25, 0.3) is 0 Å². The highest BCUT2D eigenvalue weighted by atomic mass is 79.9. The lowest BCUT2D eigenvalue weighted by molar-refractivity contribution is 0.580. The maximum Gasteiger partial charge on any atom is 0.244 e. The molecule has 0 atom stereocenters. The van der Waals surface area contributed by atoms with Crippen LogP contribution in [0.5, 0.6) is 0 Å². The molecule has 0 saturated heterocycles. The lowest BCUT2D eigenvalue weighted by atomic mass is 10.2. The predicted molar refractivity (Wildman–Crippen MR) is 76.1 cm³/mol. The van der Waals surface area contributed by atoms with Crippen LogP contribution in [0.2, 0.25) is 0 Å². The van der Waals surface area contributed by atoms with Gasteiger partial charge in [-0.25, -0.2) is 13.1 Å². The number of sulfonamides is 1. The molecule has 0 radical (unpaired) electrons. The van der Waals surface area contributed by atoms with Crippen LogP contribution in [0.3, 0.4) is 0 Å². The van der Waals surface area contributed by atoms with E-state index in [2.05, 4.69) is 25.8 Å². The SMILES string of the molecule is Cc1nn(C)cc1S(=O)(=O)NCc1cccc(Br)c1. The number of benzene rings is 1. The number of nitrogens with zero attached hydrogens (tertiary/aromatic N) is 2. The largest absolute Gasteiger partial charge is 0.274 e. The summed E-state index contributed by atoms with van der Waals surface area (Å²) in [5.74, 6) is 0. The van der Waals surface area contributed by atoms with Crippen molar-refractivity contribution in [3.05, 3.63) is 46.2 Å². The number of rotatable bonds is 4. The second-order valence-electron chi connectivity index (χ2n) is 4.21. The summed E-state index contributed by atoms with van der Waals surface area (Å²) in [7, 11) is -1.84. The molecule has 1 aromatic heterocycles. The molecule has 1 aromatic carbocycles. The first-order chi connectivity index (χ1) is 8.88. The molecule has 2 rings (SSSR count). The molecule has 5 nitrogen and oxygen atoms in total. The fourth-order valence-electron chi connectivity index (χ4n) is 1.74. The number of hydrogen-bond donors (Lipinski definition) is 1. The first kappa shape index (κ1) is 14.2. The van der Waals surface area contributed by atoms with Gasteiger partial charge in [0, 0.05) is 24.3 Å². The highest BCUT2D eigenvalue weighted by molar-refractivity contribution is 9.10. The molecule has 102 valence electrons. The van der Waals surface area contributed by atoms with Crippen molar-refractivity contribution in [1.29, 1.82) is 0 Å². The van der Waals surface area contributed by atoms with Gasteiger partial charge in [-0.1, -0.05) is 28.1 Å². The van der Waals surface area contributed by atoms with Gasteiger partial charge in [-0.3, -0.25) is 4.68 Å². The quantitative estimate of drug-likeness (QED) is 0.922. The van der Waals surface area contributed by atoms with E-state index in [9.17, 15) is 8.42 Å². The Morgan fingerprint density at radius 1 is 1.42 bits per heavy atom. The monoisotopic (exact) mass is 343 g/mol. The molecular weight excluding hydrogens is 330 g/mol. The Bertz CT molecular complexity index is 695. The Balaban J connectivity index is 2.16. The number of halogens is 1. The van der Waals surface area contributed by atoms with Gasteiger partial charge in [-0.05, 0) is 24.6 Å². The van der Waals surface area contributed by atoms with Gasteiger partial charge in [-0.2, -0.15) is 5.10 Å². The van der Waals surface area contributed by atoms with E-state index in [0.717, 1.165) is 10.0 Å². The highest BCUT2D eigenvalue weighted by Gasteiger charge is 2.19. The van der Waals surface area contributed by atoms with Crippen molar-refractivity contribution in [2.75, 3.05) is 0 Å². The van der Waals surface area contributed by atoms with Crippen molar-refractivity contribution in [1.82, 2.24) is 14.5 Å². The van der Waals surface area contributed by atoms with Gasteiger partial charge in [0.1, 0.15) is 4.90 Å². The average Bonchev–Trinajstić information content (AvgIpc) is 2.67. The van der Waals surface area contributed by atoms with E-state index in [1.165, 1.54) is 10.9 Å². The third-order valence-electron chi connectivity index (χ3n) is 2.61. The van der Waals surface area contributed by atoms with Gasteiger partial charge in [-0.15, -0.1) is 0 Å². The molecule has 19 heavy (non-hydrogen) atoms. The summed E-state index contributed by atoms with van der Waals surface area (Å²) >= 11 is 3.35. The van der Waals surface area contributed by atoms with E-state index >= 15 is 0 Å². The molecular formula is C12H14BrN3O2S. The van der Waals surface area contributed by atoms with Crippen LogP contribution < -0.4 is 4.72 Å². The molecule has 0 aliphatic rings. The maximum absolute atomic E-state index is 12.1. The van der Waals surface area contributed by atoms with Crippen molar-refractivity contribution < 1.29 is 8.42 Å². The number of hydrogen-bond acceptors (Lipinski definition) is 3. The summed E-state index contributed by atoms with van der Waals surface area (Å²) in [6.45, 7) is 1.92. The zero-order chi connectivity index (χ0) is 14.0. The number of nitrogens with one attached hydrogen (secondary N) is 1. The van der Waals surface area contributed by atoms with Crippen LogP contribution in [0.25, 0.3) is 0 Å². The molecule has 7 heteroatoms. The van der Waals surface area contributed by atoms with E-state index in [-0.39, 0.29) is 11.4 Å². The van der Waals surface area contributed by atoms with Crippen LogP contribution in [-0.2, 0) is 23.6 Å². The molecule has 0 aliphatic heterocycles. The Kier molecular flexibility index (Phi) is 4.07. The predicted octanol–water partition coefficient (Wildman–Crippen LogP) is 1.97. The van der Waals surface area contributed by atoms with E-state index < -0.39 is 10.0 Å². The minimum Gasteiger partial charge on any atom is -0.274 e. The molecule has 0 saturated carbocycles. The normalized spacial score (nSPS) is 11.7. The maximum atomic E-state index is 12.1. The van der Waals surface area contributed by atoms with Crippen LogP contribution in [0, 0.1) is 6.92 Å². The van der Waals surface area contributed by atoms with Crippen LogP contribution in [-0.4, -0.2) is 18.2 Å². The van der Waals surface area contributed by atoms with E-state index in [1.807, 2.05) is 24.3 Å². The van der Waals surface area contributed by atoms with Gasteiger partial charge >= 0.3 is 0 Å². The molecule has 0 amide bonds. The molecule has 0 bridgehead atoms. The van der Waals surface area contributed by atoms with Gasteiger partial charge in [0.05, 0.1) is 5.69 Å². The van der Waals surface area contributed by atoms with Crippen molar-refractivity contribution in [3.8, 4) is 0 Å². The minimum atomic E-state index is -3.53. The molecule has 0 unspecified atom stereocenters. The Labute approximate surface area is 120 Å². The first-order valence-corrected chi connectivity index (χ1v) is 7.90. The summed E-state index contributed by atoms with van der Waals surface area (Å²) in [5.41, 5.74) is 1.38. The molecule has 1 heterocycles. The smallest absolute Gasteiger partial charge is 0.244 e. The lowest BCUT2D eigenvalue weighted by Crippen LogP contribution is -2.23. The standard InChI is InChI=1S/C12H14BrN3O2S/c1-9-12(8-16(2)15-9)19(17,18)14-7-10-4-3-5-11(13)6-10/h3-6,8,14H,7H2,1-2H3. The first-order valence-electron chi connectivity index (χ1n) is 5.63. The second kappa shape index (κ2) is 5.44. The summed E-state index contributed by atoms with van der Waals surface area (Å²) in [5, 5.41) is 4.04. The third-order valence-corrected chi connectivity index (χ3v) is 4.61. The summed E-state index contributed by atoms with van der Waals surface area (Å²) in [6, 6.07) is 7.49. The molecule has 2 aromatic rings. The summed E-state index contributed by atoms with van der Waals surface area (Å²) in [4.78, 5) is 0.213. The number of aromatic nitrogens is 2. The lowest BCUT2D eigenvalue weighted by Gasteiger charge is -2.06. The van der Waals surface area contributed by atoms with Crippen LogP contribution >= 0.6 is 15.9 Å². The molecule has 0 fully saturated rings. The fraction of sp³-hybridized carbons (Fsp3) is 0.250. The minimum absolute atomic E-state index is 0.213. The fourth-order valence-corrected chi connectivity index (χ4v) is 3.42. The second-order valence-corrected chi connectivity index (χ2v) is 6.86. The molecule has 0 spiro atoms. The Morgan fingerprint density at radius 3 is 2.74 bits per heavy atom. The van der Waals surface area contributed by atoms with Crippen molar-refractivity contribution in [3.63, 3.8) is 0 Å². The Hall–Kier alpha value is -1.18. The van der Waals surface area contributed by atoms with E-state index in [0.29, 0.717) is 5.69 Å². The summed E-state index contributed by atoms with van der Waals surface area (Å²) in [6.07, 6.45) is 1.50. The van der Waals surface area contributed by atoms with Crippen molar-refractivity contribution >= 4 is 26.0 Å².